The molecule has 0 fully saturated rings. The van der Waals surface area contributed by atoms with Crippen molar-refractivity contribution in [2.45, 2.75) is 6.42 Å². The van der Waals surface area contributed by atoms with E-state index in [-0.39, 0.29) is 18.0 Å². The van der Waals surface area contributed by atoms with Crippen LogP contribution in [0.4, 0.5) is 14.5 Å². The van der Waals surface area contributed by atoms with Gasteiger partial charge in [0.25, 0.3) is 0 Å². The van der Waals surface area contributed by atoms with Gasteiger partial charge < -0.3 is 10.5 Å². The lowest BCUT2D eigenvalue weighted by Gasteiger charge is -2.08. The summed E-state index contributed by atoms with van der Waals surface area (Å²) in [5.74, 6) is -1.49. The van der Waals surface area contributed by atoms with Gasteiger partial charge in [-0.25, -0.2) is 8.78 Å². The van der Waals surface area contributed by atoms with Crippen molar-refractivity contribution in [2.75, 3.05) is 12.3 Å². The maximum atomic E-state index is 13.4. The highest BCUT2D eigenvalue weighted by molar-refractivity contribution is 5.44. The molecule has 6 heteroatoms. The molecule has 1 heterocycles. The van der Waals surface area contributed by atoms with Gasteiger partial charge in [0.1, 0.15) is 5.82 Å². The second-order valence-electron chi connectivity index (χ2n) is 3.85. The lowest BCUT2D eigenvalue weighted by molar-refractivity contribution is 0.300. The number of nitrogens with zero attached hydrogens (tertiary/aromatic N) is 2. The first-order valence-corrected chi connectivity index (χ1v) is 5.42. The molecule has 0 saturated carbocycles. The molecule has 4 nitrogen and oxygen atoms in total. The van der Waals surface area contributed by atoms with Gasteiger partial charge in [0, 0.05) is 37.5 Å². The summed E-state index contributed by atoms with van der Waals surface area (Å²) in [5, 5.41) is 4.00. The largest absolute Gasteiger partial charge is 0.490 e. The van der Waals surface area contributed by atoms with E-state index in [1.165, 1.54) is 0 Å². The molecule has 2 aromatic rings. The van der Waals surface area contributed by atoms with Crippen LogP contribution in [0.3, 0.4) is 0 Å². The molecule has 2 rings (SSSR count). The minimum Gasteiger partial charge on any atom is -0.490 e. The van der Waals surface area contributed by atoms with Crippen LogP contribution in [0.5, 0.6) is 5.75 Å². The molecule has 0 aliphatic rings. The fourth-order valence-corrected chi connectivity index (χ4v) is 1.57. The van der Waals surface area contributed by atoms with E-state index in [9.17, 15) is 8.78 Å². The van der Waals surface area contributed by atoms with Gasteiger partial charge in [-0.3, -0.25) is 4.68 Å². The van der Waals surface area contributed by atoms with E-state index in [4.69, 9.17) is 10.5 Å². The Morgan fingerprint density at radius 3 is 2.78 bits per heavy atom. The van der Waals surface area contributed by atoms with E-state index in [1.54, 1.807) is 17.9 Å². The molecule has 18 heavy (non-hydrogen) atoms. The number of aryl methyl sites for hydroxylation is 1. The number of anilines is 1. The summed E-state index contributed by atoms with van der Waals surface area (Å²) in [6, 6.07) is 3.70. The summed E-state index contributed by atoms with van der Waals surface area (Å²) in [4.78, 5) is 0. The van der Waals surface area contributed by atoms with Crippen LogP contribution in [0, 0.1) is 11.6 Å². The molecule has 0 radical (unpaired) electrons. The van der Waals surface area contributed by atoms with Crippen molar-refractivity contribution in [3.63, 3.8) is 0 Å². The van der Waals surface area contributed by atoms with Gasteiger partial charge in [-0.2, -0.15) is 5.10 Å². The SMILES string of the molecule is Cn1nccc1CCOc1cc(F)c(N)cc1F. The number of nitrogen functional groups attached to an aromatic ring is 1. The molecule has 96 valence electrons. The van der Waals surface area contributed by atoms with Gasteiger partial charge in [-0.05, 0) is 6.07 Å². The Kier molecular flexibility index (Phi) is 3.45. The van der Waals surface area contributed by atoms with E-state index < -0.39 is 11.6 Å². The summed E-state index contributed by atoms with van der Waals surface area (Å²) in [7, 11) is 1.80. The minimum atomic E-state index is -0.688. The smallest absolute Gasteiger partial charge is 0.167 e. The molecule has 0 unspecified atom stereocenters. The second-order valence-corrected chi connectivity index (χ2v) is 3.85. The normalized spacial score (nSPS) is 10.6. The maximum absolute atomic E-state index is 13.4. The Balaban J connectivity index is 1.99. The molecular formula is C12H13F2N3O. The Morgan fingerprint density at radius 1 is 1.33 bits per heavy atom. The summed E-state index contributed by atoms with van der Waals surface area (Å²) >= 11 is 0. The summed E-state index contributed by atoms with van der Waals surface area (Å²) < 4.78 is 33.4. The molecule has 0 atom stereocenters. The second kappa shape index (κ2) is 5.03. The molecule has 2 N–H and O–H groups in total. The van der Waals surface area contributed by atoms with Crippen LogP contribution in [0.1, 0.15) is 5.69 Å². The van der Waals surface area contributed by atoms with Gasteiger partial charge in [0.2, 0.25) is 0 Å². The van der Waals surface area contributed by atoms with Crippen LogP contribution in [0.2, 0.25) is 0 Å². The number of hydrogen-bond acceptors (Lipinski definition) is 3. The molecule has 0 spiro atoms. The number of halogens is 2. The van der Waals surface area contributed by atoms with Crippen LogP contribution in [-0.2, 0) is 13.5 Å². The lowest BCUT2D eigenvalue weighted by atomic mass is 10.2. The predicted molar refractivity (Wildman–Crippen MR) is 63.2 cm³/mol. The van der Waals surface area contributed by atoms with E-state index >= 15 is 0 Å². The highest BCUT2D eigenvalue weighted by Crippen LogP contribution is 2.22. The third-order valence-corrected chi connectivity index (χ3v) is 2.59. The molecule has 0 aliphatic carbocycles. The topological polar surface area (TPSA) is 53.1 Å². The monoisotopic (exact) mass is 253 g/mol. The number of rotatable bonds is 4. The molecule has 1 aromatic carbocycles. The van der Waals surface area contributed by atoms with Crippen LogP contribution in [0.15, 0.2) is 24.4 Å². The molecule has 0 saturated heterocycles. The molecule has 0 bridgehead atoms. The number of hydrogen-bond donors (Lipinski definition) is 1. The number of nitrogens with two attached hydrogens (primary N) is 1. The number of benzene rings is 1. The maximum Gasteiger partial charge on any atom is 0.167 e. The Bertz CT molecular complexity index is 554. The van der Waals surface area contributed by atoms with E-state index in [0.29, 0.717) is 6.42 Å². The average Bonchev–Trinajstić information content (AvgIpc) is 2.72. The highest BCUT2D eigenvalue weighted by Gasteiger charge is 2.09. The Morgan fingerprint density at radius 2 is 2.11 bits per heavy atom. The standard InChI is InChI=1S/C12H13F2N3O/c1-17-8(2-4-16-17)3-5-18-12-7-9(13)11(15)6-10(12)14/h2,4,6-7H,3,5,15H2,1H3. The van der Waals surface area contributed by atoms with E-state index in [2.05, 4.69) is 5.10 Å². The van der Waals surface area contributed by atoms with Gasteiger partial charge in [-0.15, -0.1) is 0 Å². The fourth-order valence-electron chi connectivity index (χ4n) is 1.57. The third kappa shape index (κ3) is 2.58. The van der Waals surface area contributed by atoms with Gasteiger partial charge in [0.15, 0.2) is 11.6 Å². The molecular weight excluding hydrogens is 240 g/mol. The fraction of sp³-hybridized carbons (Fsp3) is 0.250. The number of ether oxygens (including phenoxy) is 1. The molecule has 1 aromatic heterocycles. The zero-order chi connectivity index (χ0) is 13.1. The van der Waals surface area contributed by atoms with Crippen LogP contribution < -0.4 is 10.5 Å². The average molecular weight is 253 g/mol. The first kappa shape index (κ1) is 12.3. The van der Waals surface area contributed by atoms with Crippen LogP contribution in [0.25, 0.3) is 0 Å². The zero-order valence-corrected chi connectivity index (χ0v) is 9.86. The number of aromatic nitrogens is 2. The quantitative estimate of drug-likeness (QED) is 0.847. The van der Waals surface area contributed by atoms with Crippen molar-refractivity contribution < 1.29 is 13.5 Å². The first-order chi connectivity index (χ1) is 8.58. The van der Waals surface area contributed by atoms with Gasteiger partial charge in [-0.1, -0.05) is 0 Å². The zero-order valence-electron chi connectivity index (χ0n) is 9.86. The Hall–Kier alpha value is -2.11. The molecule has 0 aliphatic heterocycles. The van der Waals surface area contributed by atoms with Crippen molar-refractivity contribution in [3.8, 4) is 5.75 Å². The minimum absolute atomic E-state index is 0.135. The van der Waals surface area contributed by atoms with Crippen molar-refractivity contribution in [1.82, 2.24) is 9.78 Å². The van der Waals surface area contributed by atoms with E-state index in [1.807, 2.05) is 6.07 Å². The highest BCUT2D eigenvalue weighted by atomic mass is 19.1. The molecule has 0 amide bonds. The third-order valence-electron chi connectivity index (χ3n) is 2.59. The van der Waals surface area contributed by atoms with Crippen molar-refractivity contribution in [2.24, 2.45) is 7.05 Å². The van der Waals surface area contributed by atoms with Gasteiger partial charge >= 0.3 is 0 Å². The van der Waals surface area contributed by atoms with Crippen molar-refractivity contribution in [3.05, 3.63) is 41.7 Å². The van der Waals surface area contributed by atoms with Gasteiger partial charge in [0.05, 0.1) is 12.3 Å². The summed E-state index contributed by atoms with van der Waals surface area (Å²) in [6.07, 6.45) is 2.22. The van der Waals surface area contributed by atoms with Crippen LogP contribution in [-0.4, -0.2) is 16.4 Å². The summed E-state index contributed by atoms with van der Waals surface area (Å²) in [5.41, 5.74) is 5.95. The first-order valence-electron chi connectivity index (χ1n) is 5.42. The Labute approximate surface area is 103 Å². The van der Waals surface area contributed by atoms with Crippen molar-refractivity contribution in [1.29, 1.82) is 0 Å². The van der Waals surface area contributed by atoms with Crippen molar-refractivity contribution >= 4 is 5.69 Å². The van der Waals surface area contributed by atoms with E-state index in [0.717, 1.165) is 17.8 Å². The predicted octanol–water partition coefficient (Wildman–Crippen LogP) is 1.90. The van der Waals surface area contributed by atoms with Crippen LogP contribution >= 0.6 is 0 Å². The summed E-state index contributed by atoms with van der Waals surface area (Å²) in [6.45, 7) is 0.236. The lowest BCUT2D eigenvalue weighted by Crippen LogP contribution is -2.07.